The molecule has 0 aliphatic heterocycles. The number of benzene rings is 1. The third kappa shape index (κ3) is 7.11. The minimum atomic E-state index is -0.137. The number of rotatable bonds is 7. The SMILES string of the molecule is CCN[C@H](C)CNC(=O)c1cccc(NC(=O)CC)c1.Cl. The average Bonchev–Trinajstić information content (AvgIpc) is 2.45. The van der Waals surface area contributed by atoms with Crippen molar-refractivity contribution in [2.75, 3.05) is 18.4 Å². The Bertz CT molecular complexity index is 466. The minimum Gasteiger partial charge on any atom is -0.350 e. The predicted octanol–water partition coefficient (Wildman–Crippen LogP) is 2.18. The van der Waals surface area contributed by atoms with E-state index >= 15 is 0 Å². The van der Waals surface area contributed by atoms with E-state index in [1.807, 2.05) is 13.8 Å². The van der Waals surface area contributed by atoms with Crippen molar-refractivity contribution in [3.63, 3.8) is 0 Å². The molecule has 1 atom stereocenters. The molecular weight excluding hydrogens is 290 g/mol. The zero-order valence-corrected chi connectivity index (χ0v) is 13.5. The van der Waals surface area contributed by atoms with E-state index < -0.39 is 0 Å². The first-order valence-corrected chi connectivity index (χ1v) is 6.98. The van der Waals surface area contributed by atoms with Crippen molar-refractivity contribution in [2.45, 2.75) is 33.2 Å². The molecule has 0 fully saturated rings. The van der Waals surface area contributed by atoms with Gasteiger partial charge in [0.1, 0.15) is 0 Å². The van der Waals surface area contributed by atoms with Gasteiger partial charge in [-0.25, -0.2) is 0 Å². The highest BCUT2D eigenvalue weighted by molar-refractivity contribution is 5.97. The summed E-state index contributed by atoms with van der Waals surface area (Å²) in [5, 5.41) is 8.83. The number of hydrogen-bond donors (Lipinski definition) is 3. The average molecular weight is 314 g/mol. The van der Waals surface area contributed by atoms with E-state index in [1.54, 1.807) is 31.2 Å². The van der Waals surface area contributed by atoms with E-state index in [0.717, 1.165) is 6.54 Å². The molecule has 5 nitrogen and oxygen atoms in total. The van der Waals surface area contributed by atoms with Gasteiger partial charge in [0, 0.05) is 30.3 Å². The van der Waals surface area contributed by atoms with Gasteiger partial charge >= 0.3 is 0 Å². The van der Waals surface area contributed by atoms with Crippen molar-refractivity contribution < 1.29 is 9.59 Å². The number of likely N-dealkylation sites (N-methyl/N-ethyl adjacent to an activating group) is 1. The van der Waals surface area contributed by atoms with E-state index in [0.29, 0.717) is 24.2 Å². The second-order valence-electron chi connectivity index (χ2n) is 4.65. The van der Waals surface area contributed by atoms with Crippen LogP contribution < -0.4 is 16.0 Å². The Morgan fingerprint density at radius 1 is 1.24 bits per heavy atom. The van der Waals surface area contributed by atoms with Crippen LogP contribution in [0.3, 0.4) is 0 Å². The van der Waals surface area contributed by atoms with Crippen molar-refractivity contribution in [1.82, 2.24) is 10.6 Å². The maximum absolute atomic E-state index is 12.0. The second kappa shape index (κ2) is 10.2. The summed E-state index contributed by atoms with van der Waals surface area (Å²) in [7, 11) is 0. The first-order chi connectivity index (χ1) is 9.56. The van der Waals surface area contributed by atoms with Crippen molar-refractivity contribution >= 4 is 29.9 Å². The first kappa shape index (κ1) is 19.4. The minimum absolute atomic E-state index is 0. The number of carbonyl (C=O) groups excluding carboxylic acids is 2. The van der Waals surface area contributed by atoms with E-state index in [2.05, 4.69) is 16.0 Å². The van der Waals surface area contributed by atoms with E-state index in [9.17, 15) is 9.59 Å². The second-order valence-corrected chi connectivity index (χ2v) is 4.65. The van der Waals surface area contributed by atoms with Gasteiger partial charge in [0.25, 0.3) is 5.91 Å². The highest BCUT2D eigenvalue weighted by atomic mass is 35.5. The van der Waals surface area contributed by atoms with Crippen LogP contribution in [-0.4, -0.2) is 30.9 Å². The summed E-state index contributed by atoms with van der Waals surface area (Å²) in [6.07, 6.45) is 0.413. The molecule has 21 heavy (non-hydrogen) atoms. The smallest absolute Gasteiger partial charge is 0.251 e. The van der Waals surface area contributed by atoms with Crippen LogP contribution in [0.25, 0.3) is 0 Å². The summed E-state index contributed by atoms with van der Waals surface area (Å²) in [5.74, 6) is -0.203. The van der Waals surface area contributed by atoms with Crippen LogP contribution in [0.5, 0.6) is 0 Å². The Morgan fingerprint density at radius 3 is 2.57 bits per heavy atom. The highest BCUT2D eigenvalue weighted by Crippen LogP contribution is 2.11. The Kier molecular flexibility index (Phi) is 9.41. The van der Waals surface area contributed by atoms with Crippen molar-refractivity contribution in [1.29, 1.82) is 0 Å². The molecule has 0 spiro atoms. The lowest BCUT2D eigenvalue weighted by atomic mass is 10.2. The van der Waals surface area contributed by atoms with Crippen LogP contribution >= 0.6 is 12.4 Å². The van der Waals surface area contributed by atoms with Crippen LogP contribution in [0, 0.1) is 0 Å². The van der Waals surface area contributed by atoms with Crippen molar-refractivity contribution in [3.05, 3.63) is 29.8 Å². The Morgan fingerprint density at radius 2 is 1.95 bits per heavy atom. The first-order valence-electron chi connectivity index (χ1n) is 6.98. The number of anilines is 1. The molecular formula is C15H24ClN3O2. The summed E-state index contributed by atoms with van der Waals surface area (Å²) in [6, 6.07) is 7.17. The molecule has 0 aliphatic carbocycles. The zero-order valence-electron chi connectivity index (χ0n) is 12.7. The normalized spacial score (nSPS) is 11.2. The van der Waals surface area contributed by atoms with Crippen molar-refractivity contribution in [3.8, 4) is 0 Å². The van der Waals surface area contributed by atoms with Gasteiger partial charge in [0.15, 0.2) is 0 Å². The van der Waals surface area contributed by atoms with E-state index in [-0.39, 0.29) is 30.3 Å². The van der Waals surface area contributed by atoms with Crippen LogP contribution in [0.4, 0.5) is 5.69 Å². The van der Waals surface area contributed by atoms with E-state index in [4.69, 9.17) is 0 Å². The number of carbonyl (C=O) groups is 2. The summed E-state index contributed by atoms with van der Waals surface area (Å²) < 4.78 is 0. The Balaban J connectivity index is 0.00000400. The fraction of sp³-hybridized carbons (Fsp3) is 0.467. The molecule has 1 rings (SSSR count). The molecule has 0 aliphatic rings. The molecule has 0 radical (unpaired) electrons. The lowest BCUT2D eigenvalue weighted by molar-refractivity contribution is -0.115. The third-order valence-electron chi connectivity index (χ3n) is 2.85. The lowest BCUT2D eigenvalue weighted by Crippen LogP contribution is -2.38. The van der Waals surface area contributed by atoms with Gasteiger partial charge in [-0.1, -0.05) is 19.9 Å². The van der Waals surface area contributed by atoms with Gasteiger partial charge in [0.05, 0.1) is 0 Å². The molecule has 0 bridgehead atoms. The molecule has 0 unspecified atom stereocenters. The highest BCUT2D eigenvalue weighted by Gasteiger charge is 2.08. The summed E-state index contributed by atoms with van der Waals surface area (Å²) in [6.45, 7) is 7.27. The monoisotopic (exact) mass is 313 g/mol. The summed E-state index contributed by atoms with van der Waals surface area (Å²) >= 11 is 0. The molecule has 1 aromatic rings. The largest absolute Gasteiger partial charge is 0.350 e. The number of amides is 2. The molecule has 0 saturated heterocycles. The van der Waals surface area contributed by atoms with Crippen LogP contribution in [-0.2, 0) is 4.79 Å². The van der Waals surface area contributed by atoms with Crippen LogP contribution in [0.1, 0.15) is 37.6 Å². The quantitative estimate of drug-likeness (QED) is 0.722. The Labute approximate surface area is 132 Å². The molecule has 2 amide bonds. The van der Waals surface area contributed by atoms with E-state index in [1.165, 1.54) is 0 Å². The topological polar surface area (TPSA) is 70.2 Å². The van der Waals surface area contributed by atoms with Gasteiger partial charge in [-0.2, -0.15) is 0 Å². The lowest BCUT2D eigenvalue weighted by Gasteiger charge is -2.13. The fourth-order valence-corrected chi connectivity index (χ4v) is 1.76. The third-order valence-corrected chi connectivity index (χ3v) is 2.85. The standard InChI is InChI=1S/C15H23N3O2.ClH/c1-4-14(19)18-13-8-6-7-12(9-13)15(20)17-10-11(3)16-5-2;/h6-9,11,16H,4-5,10H2,1-3H3,(H,17,20)(H,18,19);1H/t11-;/m1./s1. The number of nitrogens with one attached hydrogen (secondary N) is 3. The van der Waals surface area contributed by atoms with Gasteiger partial charge in [-0.05, 0) is 31.7 Å². The molecule has 3 N–H and O–H groups in total. The van der Waals surface area contributed by atoms with Crippen molar-refractivity contribution in [2.24, 2.45) is 0 Å². The van der Waals surface area contributed by atoms with Gasteiger partial charge in [0.2, 0.25) is 5.91 Å². The number of hydrogen-bond acceptors (Lipinski definition) is 3. The van der Waals surface area contributed by atoms with Gasteiger partial charge in [-0.3, -0.25) is 9.59 Å². The van der Waals surface area contributed by atoms with Crippen LogP contribution in [0.15, 0.2) is 24.3 Å². The molecule has 6 heteroatoms. The number of halogens is 1. The maximum atomic E-state index is 12.0. The summed E-state index contributed by atoms with van der Waals surface area (Å²) in [4.78, 5) is 23.3. The fourth-order valence-electron chi connectivity index (χ4n) is 1.76. The zero-order chi connectivity index (χ0) is 15.0. The predicted molar refractivity (Wildman–Crippen MR) is 88.1 cm³/mol. The molecule has 118 valence electrons. The Hall–Kier alpha value is -1.59. The molecule has 0 heterocycles. The molecule has 0 saturated carbocycles. The van der Waals surface area contributed by atoms with Gasteiger partial charge in [-0.15, -0.1) is 12.4 Å². The molecule has 1 aromatic carbocycles. The van der Waals surface area contributed by atoms with Crippen LogP contribution in [0.2, 0.25) is 0 Å². The summed E-state index contributed by atoms with van der Waals surface area (Å²) in [5.41, 5.74) is 1.19. The molecule has 0 aromatic heterocycles. The van der Waals surface area contributed by atoms with Gasteiger partial charge < -0.3 is 16.0 Å². The maximum Gasteiger partial charge on any atom is 0.251 e.